The first-order valence-electron chi connectivity index (χ1n) is 11.2. The number of nitrogens with zero attached hydrogens (tertiary/aromatic N) is 3. The summed E-state index contributed by atoms with van der Waals surface area (Å²) in [4.78, 5) is 19.2. The molecule has 0 aliphatic heterocycles. The molecule has 0 saturated heterocycles. The van der Waals surface area contributed by atoms with Crippen molar-refractivity contribution in [3.63, 3.8) is 0 Å². The number of hydrogen-bond acceptors (Lipinski definition) is 7. The molecule has 186 valence electrons. The first-order valence-corrected chi connectivity index (χ1v) is 11.6. The van der Waals surface area contributed by atoms with Gasteiger partial charge in [-0.2, -0.15) is 10.4 Å². The molecule has 3 aromatic carbocycles. The number of anilines is 1. The van der Waals surface area contributed by atoms with Gasteiger partial charge in [0.2, 0.25) is 5.95 Å². The Bertz CT molecular complexity index is 1530. The molecule has 4 aromatic rings. The maximum atomic E-state index is 13.3. The van der Waals surface area contributed by atoms with Crippen LogP contribution in [0.25, 0.3) is 11.3 Å². The molecule has 1 heterocycles. The molecule has 0 saturated carbocycles. The van der Waals surface area contributed by atoms with Crippen molar-refractivity contribution in [1.82, 2.24) is 9.97 Å². The average Bonchev–Trinajstić information content (AvgIpc) is 2.89. The van der Waals surface area contributed by atoms with Crippen LogP contribution in [-0.2, 0) is 6.61 Å². The number of aromatic amines is 1. The van der Waals surface area contributed by atoms with Gasteiger partial charge in [-0.15, -0.1) is 0 Å². The number of rotatable bonds is 9. The molecule has 2 N–H and O–H groups in total. The van der Waals surface area contributed by atoms with E-state index in [0.717, 1.165) is 0 Å². The Morgan fingerprint density at radius 3 is 2.68 bits per heavy atom. The van der Waals surface area contributed by atoms with Crippen LogP contribution >= 0.6 is 11.6 Å². The molecular weight excluding hydrogens is 497 g/mol. The molecule has 37 heavy (non-hydrogen) atoms. The maximum absolute atomic E-state index is 13.3. The van der Waals surface area contributed by atoms with Crippen molar-refractivity contribution in [2.45, 2.75) is 13.5 Å². The van der Waals surface area contributed by atoms with Crippen LogP contribution in [0.4, 0.5) is 10.3 Å². The Hall–Kier alpha value is -4.68. The van der Waals surface area contributed by atoms with Crippen molar-refractivity contribution in [2.75, 3.05) is 12.0 Å². The Labute approximate surface area is 217 Å². The Balaban J connectivity index is 1.51. The van der Waals surface area contributed by atoms with E-state index < -0.39 is 11.4 Å². The van der Waals surface area contributed by atoms with Crippen molar-refractivity contribution in [3.8, 4) is 28.8 Å². The van der Waals surface area contributed by atoms with Crippen LogP contribution < -0.4 is 20.5 Å². The standard InChI is InChI=1S/C27H21ClFN5O3/c1-2-36-24-12-17(8-11-23(24)37-16-19-9-10-20(29)13-22(19)28)15-31-34-27-32-25(18-6-4-3-5-7-18)21(14-30)26(35)33-27/h3-13,15H,2,16H2,1H3,(H2,32,33,34,35). The molecule has 10 heteroatoms. The number of ether oxygens (including phenoxy) is 2. The highest BCUT2D eigenvalue weighted by molar-refractivity contribution is 6.31. The lowest BCUT2D eigenvalue weighted by Gasteiger charge is -2.13. The molecule has 8 nitrogen and oxygen atoms in total. The Morgan fingerprint density at radius 1 is 1.14 bits per heavy atom. The summed E-state index contributed by atoms with van der Waals surface area (Å²) in [6.07, 6.45) is 1.52. The first-order chi connectivity index (χ1) is 18.0. The normalized spacial score (nSPS) is 10.8. The maximum Gasteiger partial charge on any atom is 0.270 e. The molecule has 0 spiro atoms. The van der Waals surface area contributed by atoms with Gasteiger partial charge in [0.1, 0.15) is 24.1 Å². The fraction of sp³-hybridized carbons (Fsp3) is 0.111. The number of aromatic nitrogens is 2. The van der Waals surface area contributed by atoms with Crippen LogP contribution in [0.15, 0.2) is 76.6 Å². The number of nitrogens with one attached hydrogen (secondary N) is 2. The van der Waals surface area contributed by atoms with E-state index in [2.05, 4.69) is 20.5 Å². The van der Waals surface area contributed by atoms with Crippen LogP contribution in [0.3, 0.4) is 0 Å². The molecule has 0 aliphatic rings. The summed E-state index contributed by atoms with van der Waals surface area (Å²) in [6, 6.07) is 20.2. The Kier molecular flexibility index (Phi) is 8.13. The van der Waals surface area contributed by atoms with E-state index in [4.69, 9.17) is 21.1 Å². The van der Waals surface area contributed by atoms with Gasteiger partial charge in [0.15, 0.2) is 11.5 Å². The lowest BCUT2D eigenvalue weighted by atomic mass is 10.1. The van der Waals surface area contributed by atoms with Gasteiger partial charge >= 0.3 is 0 Å². The van der Waals surface area contributed by atoms with Crippen LogP contribution in [0, 0.1) is 17.1 Å². The lowest BCUT2D eigenvalue weighted by molar-refractivity contribution is 0.269. The highest BCUT2D eigenvalue weighted by Gasteiger charge is 2.13. The van der Waals surface area contributed by atoms with Gasteiger partial charge in [0, 0.05) is 11.1 Å². The number of hydrogen-bond donors (Lipinski definition) is 2. The first kappa shape index (κ1) is 25.4. The molecule has 0 bridgehead atoms. The average molecular weight is 518 g/mol. The molecule has 4 rings (SSSR count). The summed E-state index contributed by atoms with van der Waals surface area (Å²) >= 11 is 6.08. The SMILES string of the molecule is CCOc1cc(C=NNc2nc(-c3ccccc3)c(C#N)c(=O)[nH]2)ccc1OCc1ccc(F)cc1Cl. The van der Waals surface area contributed by atoms with Gasteiger partial charge in [0.05, 0.1) is 23.5 Å². The third-order valence-electron chi connectivity index (χ3n) is 5.13. The Morgan fingerprint density at radius 2 is 1.95 bits per heavy atom. The number of H-pyrrole nitrogens is 1. The second-order valence-electron chi connectivity index (χ2n) is 7.65. The molecule has 0 atom stereocenters. The minimum atomic E-state index is -0.574. The molecule has 1 aromatic heterocycles. The molecule has 0 radical (unpaired) electrons. The van der Waals surface area contributed by atoms with E-state index in [1.165, 1.54) is 18.3 Å². The summed E-state index contributed by atoms with van der Waals surface area (Å²) < 4.78 is 24.8. The molecule has 0 unspecified atom stereocenters. The second kappa shape index (κ2) is 11.8. The zero-order valence-corrected chi connectivity index (χ0v) is 20.4. The van der Waals surface area contributed by atoms with E-state index in [-0.39, 0.29) is 28.8 Å². The molecule has 0 aliphatic carbocycles. The van der Waals surface area contributed by atoms with Crippen molar-refractivity contribution in [3.05, 3.63) is 105 Å². The lowest BCUT2D eigenvalue weighted by Crippen LogP contribution is -2.16. The number of halogens is 2. The predicted molar refractivity (Wildman–Crippen MR) is 140 cm³/mol. The molecule has 0 fully saturated rings. The highest BCUT2D eigenvalue weighted by atomic mass is 35.5. The van der Waals surface area contributed by atoms with Gasteiger partial charge in [-0.25, -0.2) is 14.8 Å². The van der Waals surface area contributed by atoms with E-state index >= 15 is 0 Å². The fourth-order valence-corrected chi connectivity index (χ4v) is 3.61. The van der Waals surface area contributed by atoms with Crippen LogP contribution in [0.2, 0.25) is 5.02 Å². The number of nitriles is 1. The van der Waals surface area contributed by atoms with E-state index in [1.807, 2.05) is 19.1 Å². The molecular formula is C27H21ClFN5O3. The summed E-state index contributed by atoms with van der Waals surface area (Å²) in [5, 5.41) is 13.8. The van der Waals surface area contributed by atoms with Crippen molar-refractivity contribution in [2.24, 2.45) is 5.10 Å². The quantitative estimate of drug-likeness (QED) is 0.223. The van der Waals surface area contributed by atoms with Gasteiger partial charge in [0.25, 0.3) is 5.56 Å². The van der Waals surface area contributed by atoms with Gasteiger partial charge in [-0.1, -0.05) is 48.0 Å². The minimum absolute atomic E-state index is 0.0836. The zero-order valence-electron chi connectivity index (χ0n) is 19.7. The third kappa shape index (κ3) is 6.31. The van der Waals surface area contributed by atoms with Gasteiger partial charge < -0.3 is 9.47 Å². The smallest absolute Gasteiger partial charge is 0.270 e. The van der Waals surface area contributed by atoms with Crippen molar-refractivity contribution >= 4 is 23.8 Å². The summed E-state index contributed by atoms with van der Waals surface area (Å²) in [5.41, 5.74) is 4.25. The van der Waals surface area contributed by atoms with E-state index in [9.17, 15) is 14.4 Å². The topological polar surface area (TPSA) is 112 Å². The summed E-state index contributed by atoms with van der Waals surface area (Å²) in [5.74, 6) is 0.636. The predicted octanol–water partition coefficient (Wildman–Crippen LogP) is 5.52. The largest absolute Gasteiger partial charge is 0.490 e. The van der Waals surface area contributed by atoms with Gasteiger partial charge in [-0.05, 0) is 42.8 Å². The van der Waals surface area contributed by atoms with Crippen LogP contribution in [0.1, 0.15) is 23.6 Å². The number of benzene rings is 3. The summed E-state index contributed by atoms with van der Waals surface area (Å²) in [6.45, 7) is 2.39. The highest BCUT2D eigenvalue weighted by Crippen LogP contribution is 2.30. The van der Waals surface area contributed by atoms with Gasteiger partial charge in [-0.3, -0.25) is 9.78 Å². The van der Waals surface area contributed by atoms with Crippen LogP contribution in [-0.4, -0.2) is 22.8 Å². The molecule has 0 amide bonds. The van der Waals surface area contributed by atoms with E-state index in [0.29, 0.717) is 34.8 Å². The third-order valence-corrected chi connectivity index (χ3v) is 5.48. The van der Waals surface area contributed by atoms with E-state index in [1.54, 1.807) is 48.5 Å². The van der Waals surface area contributed by atoms with Crippen molar-refractivity contribution in [1.29, 1.82) is 5.26 Å². The second-order valence-corrected chi connectivity index (χ2v) is 8.06. The summed E-state index contributed by atoms with van der Waals surface area (Å²) in [7, 11) is 0. The van der Waals surface area contributed by atoms with Crippen molar-refractivity contribution < 1.29 is 13.9 Å². The zero-order chi connectivity index (χ0) is 26.2. The monoisotopic (exact) mass is 517 g/mol. The van der Waals surface area contributed by atoms with Crippen LogP contribution in [0.5, 0.6) is 11.5 Å². The number of hydrazone groups is 1. The fourth-order valence-electron chi connectivity index (χ4n) is 3.39. The minimum Gasteiger partial charge on any atom is -0.490 e.